The lowest BCUT2D eigenvalue weighted by Gasteiger charge is -2.54. The summed E-state index contributed by atoms with van der Waals surface area (Å²) in [6.45, 7) is 9.39. The fourth-order valence-electron chi connectivity index (χ4n) is 8.16. The van der Waals surface area contributed by atoms with Crippen molar-refractivity contribution in [2.24, 2.45) is 16.7 Å². The van der Waals surface area contributed by atoms with Crippen LogP contribution in [-0.4, -0.2) is 68.6 Å². The monoisotopic (exact) mass is 599 g/mol. The number of ketones is 1. The lowest BCUT2D eigenvalue weighted by Crippen LogP contribution is -2.61. The van der Waals surface area contributed by atoms with Crippen molar-refractivity contribution in [2.45, 2.75) is 77.6 Å². The maximum Gasteiger partial charge on any atom is 0.282 e. The van der Waals surface area contributed by atoms with Gasteiger partial charge >= 0.3 is 0 Å². The van der Waals surface area contributed by atoms with Gasteiger partial charge in [-0.1, -0.05) is 13.8 Å². The Hall–Kier alpha value is -3.53. The number of anilines is 1. The number of benzene rings is 1. The first kappa shape index (κ1) is 29.2. The molecule has 0 unspecified atom stereocenters. The molecule has 4 aliphatic rings. The summed E-state index contributed by atoms with van der Waals surface area (Å²) in [6, 6.07) is 4.46. The highest BCUT2D eigenvalue weighted by atomic mass is 19.1. The highest BCUT2D eigenvalue weighted by Crippen LogP contribution is 2.50. The third kappa shape index (κ3) is 5.80. The number of carbonyl (C=O) groups excluding carboxylic acids is 1. The van der Waals surface area contributed by atoms with E-state index < -0.39 is 0 Å². The molecule has 9 nitrogen and oxygen atoms in total. The molecule has 44 heavy (non-hydrogen) atoms. The predicted molar refractivity (Wildman–Crippen MR) is 165 cm³/mol. The molecule has 2 saturated carbocycles. The number of halogens is 1. The molecule has 2 aliphatic heterocycles. The number of likely N-dealkylation sites (tertiary alicyclic amines) is 1. The van der Waals surface area contributed by atoms with E-state index in [4.69, 9.17) is 4.74 Å². The van der Waals surface area contributed by atoms with Crippen LogP contribution in [0.4, 0.5) is 10.2 Å². The van der Waals surface area contributed by atoms with E-state index in [-0.39, 0.29) is 17.2 Å². The zero-order valence-corrected chi connectivity index (χ0v) is 25.8. The van der Waals surface area contributed by atoms with Crippen molar-refractivity contribution in [3.8, 4) is 22.8 Å². The number of piperidine rings is 1. The van der Waals surface area contributed by atoms with Crippen molar-refractivity contribution in [3.63, 3.8) is 0 Å². The van der Waals surface area contributed by atoms with E-state index >= 15 is 0 Å². The Kier molecular flexibility index (Phi) is 7.80. The van der Waals surface area contributed by atoms with Crippen molar-refractivity contribution in [2.75, 3.05) is 37.6 Å². The number of hydrogen-bond donors (Lipinski definition) is 0. The minimum atomic E-state index is -0.364. The molecule has 0 atom stereocenters. The van der Waals surface area contributed by atoms with Gasteiger partial charge in [0.05, 0.1) is 5.69 Å². The fourth-order valence-corrected chi connectivity index (χ4v) is 8.16. The van der Waals surface area contributed by atoms with Gasteiger partial charge in [0, 0.05) is 55.2 Å². The van der Waals surface area contributed by atoms with Crippen molar-refractivity contribution >= 4 is 11.6 Å². The number of carbonyl (C=O) groups is 1. The van der Waals surface area contributed by atoms with Crippen molar-refractivity contribution in [1.29, 1.82) is 0 Å². The molecule has 0 N–H and O–H groups in total. The van der Waals surface area contributed by atoms with Gasteiger partial charge < -0.3 is 14.5 Å². The third-order valence-electron chi connectivity index (χ3n) is 10.8. The quantitative estimate of drug-likeness (QED) is 0.314. The van der Waals surface area contributed by atoms with E-state index in [9.17, 15) is 9.18 Å². The minimum absolute atomic E-state index is 0.125. The Bertz CT molecular complexity index is 1510. The van der Waals surface area contributed by atoms with Gasteiger partial charge in [-0.2, -0.15) is 0 Å². The van der Waals surface area contributed by atoms with Gasteiger partial charge in [0.2, 0.25) is 0 Å². The minimum Gasteiger partial charge on any atom is -0.434 e. The highest BCUT2D eigenvalue weighted by molar-refractivity contribution is 5.81. The molecule has 10 heteroatoms. The molecule has 2 spiro atoms. The molecule has 4 fully saturated rings. The van der Waals surface area contributed by atoms with E-state index in [0.717, 1.165) is 62.6 Å². The van der Waals surface area contributed by atoms with Gasteiger partial charge in [0.1, 0.15) is 30.0 Å². The van der Waals surface area contributed by atoms with Crippen LogP contribution in [0.5, 0.6) is 11.6 Å². The Balaban J connectivity index is 0.980. The Morgan fingerprint density at radius 3 is 2.52 bits per heavy atom. The SMILES string of the molecule is CC(C)c1ncncc1-c1cc(F)ccc1Oc1nncnc1N1CC2(CCN(CC3CCC4(CCC(=O)C4)CC3)CC2)C1. The lowest BCUT2D eigenvalue weighted by atomic mass is 9.69. The normalized spacial score (nSPS) is 25.1. The molecule has 3 aromatic rings. The molecular formula is C34H42FN7O2. The first-order valence-corrected chi connectivity index (χ1v) is 16.2. The fraction of sp³-hybridized carbons (Fsp3) is 0.588. The second-order valence-electron chi connectivity index (χ2n) is 14.1. The number of hydrogen-bond acceptors (Lipinski definition) is 9. The second kappa shape index (κ2) is 11.8. The molecular weight excluding hydrogens is 557 g/mol. The maximum absolute atomic E-state index is 14.5. The van der Waals surface area contributed by atoms with Gasteiger partial charge in [-0.15, -0.1) is 10.2 Å². The standard InChI is InChI=1S/C34H42FN7O2/c1-23(2)30-28(17-36-21-37-30)27-15-25(35)3-4-29(27)44-32-31(38-22-39-40-32)42-19-34(20-42)11-13-41(14-12-34)18-24-5-8-33(9-6-24)10-7-26(43)16-33/h3-4,15,17,21-24H,5-14,16,18-20H2,1-2H3. The van der Waals surface area contributed by atoms with Crippen LogP contribution in [0, 0.1) is 22.6 Å². The summed E-state index contributed by atoms with van der Waals surface area (Å²) < 4.78 is 20.8. The molecule has 232 valence electrons. The summed E-state index contributed by atoms with van der Waals surface area (Å²) >= 11 is 0. The summed E-state index contributed by atoms with van der Waals surface area (Å²) in [7, 11) is 0. The second-order valence-corrected chi connectivity index (χ2v) is 14.1. The number of nitrogens with zero attached hydrogens (tertiary/aromatic N) is 7. The molecule has 4 heterocycles. The zero-order valence-electron chi connectivity index (χ0n) is 25.8. The van der Waals surface area contributed by atoms with E-state index in [1.54, 1.807) is 12.3 Å². The number of ether oxygens (including phenoxy) is 1. The van der Waals surface area contributed by atoms with Crippen LogP contribution >= 0.6 is 0 Å². The summed E-state index contributed by atoms with van der Waals surface area (Å²) in [5, 5.41) is 8.31. The van der Waals surface area contributed by atoms with E-state index in [1.807, 2.05) is 13.8 Å². The summed E-state index contributed by atoms with van der Waals surface area (Å²) in [6.07, 6.45) is 14.8. The van der Waals surface area contributed by atoms with E-state index in [1.165, 1.54) is 69.9 Å². The van der Waals surface area contributed by atoms with Gasteiger partial charge in [0.25, 0.3) is 5.88 Å². The maximum atomic E-state index is 14.5. The van der Waals surface area contributed by atoms with Crippen LogP contribution in [0.1, 0.15) is 83.2 Å². The van der Waals surface area contributed by atoms with Crippen molar-refractivity contribution in [3.05, 3.63) is 48.6 Å². The number of aromatic nitrogens is 5. The lowest BCUT2D eigenvalue weighted by molar-refractivity contribution is -0.118. The van der Waals surface area contributed by atoms with Crippen LogP contribution in [-0.2, 0) is 4.79 Å². The average molecular weight is 600 g/mol. The van der Waals surface area contributed by atoms with Gasteiger partial charge in [-0.25, -0.2) is 19.3 Å². The average Bonchev–Trinajstić information content (AvgIpc) is 3.38. The number of rotatable bonds is 7. The predicted octanol–water partition coefficient (Wildman–Crippen LogP) is 6.22. The largest absolute Gasteiger partial charge is 0.434 e. The Morgan fingerprint density at radius 2 is 1.80 bits per heavy atom. The van der Waals surface area contributed by atoms with Crippen LogP contribution in [0.3, 0.4) is 0 Å². The first-order chi connectivity index (χ1) is 21.3. The van der Waals surface area contributed by atoms with Crippen LogP contribution < -0.4 is 9.64 Å². The summed E-state index contributed by atoms with van der Waals surface area (Å²) in [4.78, 5) is 30.0. The molecule has 0 bridgehead atoms. The van der Waals surface area contributed by atoms with Gasteiger partial charge in [-0.3, -0.25) is 4.79 Å². The smallest absolute Gasteiger partial charge is 0.282 e. The van der Waals surface area contributed by atoms with E-state index in [2.05, 4.69) is 34.9 Å². The molecule has 2 saturated heterocycles. The molecule has 1 aromatic carbocycles. The van der Waals surface area contributed by atoms with Gasteiger partial charge in [-0.05, 0) is 93.5 Å². The molecule has 0 amide bonds. The van der Waals surface area contributed by atoms with Crippen molar-refractivity contribution in [1.82, 2.24) is 30.0 Å². The first-order valence-electron chi connectivity index (χ1n) is 16.2. The molecule has 0 radical (unpaired) electrons. The molecule has 2 aliphatic carbocycles. The van der Waals surface area contributed by atoms with Crippen LogP contribution in [0.15, 0.2) is 37.1 Å². The van der Waals surface area contributed by atoms with E-state index in [0.29, 0.717) is 34.2 Å². The zero-order chi connectivity index (χ0) is 30.3. The molecule has 2 aromatic heterocycles. The van der Waals surface area contributed by atoms with Crippen LogP contribution in [0.2, 0.25) is 0 Å². The Labute approximate surface area is 258 Å². The summed E-state index contributed by atoms with van der Waals surface area (Å²) in [5.41, 5.74) is 2.75. The van der Waals surface area contributed by atoms with Gasteiger partial charge in [0.15, 0.2) is 5.82 Å². The summed E-state index contributed by atoms with van der Waals surface area (Å²) in [5.74, 6) is 2.46. The van der Waals surface area contributed by atoms with Crippen molar-refractivity contribution < 1.29 is 13.9 Å². The number of Topliss-reactive ketones (excluding diaryl/α,β-unsaturated/α-hetero) is 1. The van der Waals surface area contributed by atoms with Crippen LogP contribution in [0.25, 0.3) is 11.1 Å². The Morgan fingerprint density at radius 1 is 1.00 bits per heavy atom. The topological polar surface area (TPSA) is 97.2 Å². The molecule has 7 rings (SSSR count). The third-order valence-corrected chi connectivity index (χ3v) is 10.8. The highest BCUT2D eigenvalue weighted by Gasteiger charge is 2.47.